The molecule has 2 N–H and O–H groups in total. The van der Waals surface area contributed by atoms with Gasteiger partial charge in [0.25, 0.3) is 0 Å². The van der Waals surface area contributed by atoms with E-state index in [1.165, 1.54) is 32.1 Å². The van der Waals surface area contributed by atoms with Crippen LogP contribution in [0.5, 0.6) is 5.75 Å². The number of benzene rings is 1. The van der Waals surface area contributed by atoms with E-state index in [-0.39, 0.29) is 12.1 Å². The summed E-state index contributed by atoms with van der Waals surface area (Å²) in [5.74, 6) is 1.58. The highest BCUT2D eigenvalue weighted by molar-refractivity contribution is 5.29. The van der Waals surface area contributed by atoms with Gasteiger partial charge in [0.2, 0.25) is 0 Å². The predicted molar refractivity (Wildman–Crippen MR) is 81.9 cm³/mol. The molecule has 0 radical (unpaired) electrons. The SMILES string of the molecule is COc1ccc(C(OCC2CCCCC2)C(C)N)cc1. The number of hydrogen-bond donors (Lipinski definition) is 1. The highest BCUT2D eigenvalue weighted by atomic mass is 16.5. The molecule has 20 heavy (non-hydrogen) atoms. The van der Waals surface area contributed by atoms with Crippen LogP contribution in [0.15, 0.2) is 24.3 Å². The molecule has 1 aliphatic rings. The Balaban J connectivity index is 1.94. The van der Waals surface area contributed by atoms with Crippen molar-refractivity contribution in [2.24, 2.45) is 11.7 Å². The fraction of sp³-hybridized carbons (Fsp3) is 0.647. The van der Waals surface area contributed by atoms with Crippen molar-refractivity contribution in [3.63, 3.8) is 0 Å². The van der Waals surface area contributed by atoms with Gasteiger partial charge >= 0.3 is 0 Å². The Morgan fingerprint density at radius 1 is 1.15 bits per heavy atom. The summed E-state index contributed by atoms with van der Waals surface area (Å²) >= 11 is 0. The summed E-state index contributed by atoms with van der Waals surface area (Å²) in [5, 5.41) is 0. The highest BCUT2D eigenvalue weighted by Gasteiger charge is 2.20. The monoisotopic (exact) mass is 277 g/mol. The second kappa shape index (κ2) is 7.65. The van der Waals surface area contributed by atoms with Gasteiger partial charge in [-0.3, -0.25) is 0 Å². The van der Waals surface area contributed by atoms with Crippen molar-refractivity contribution in [1.82, 2.24) is 0 Å². The molecule has 2 rings (SSSR count). The van der Waals surface area contributed by atoms with Crippen LogP contribution in [-0.4, -0.2) is 19.8 Å². The molecule has 3 nitrogen and oxygen atoms in total. The normalized spacial score (nSPS) is 19.6. The molecule has 1 fully saturated rings. The van der Waals surface area contributed by atoms with Gasteiger partial charge in [-0.1, -0.05) is 31.4 Å². The number of ether oxygens (including phenoxy) is 2. The highest BCUT2D eigenvalue weighted by Crippen LogP contribution is 2.28. The van der Waals surface area contributed by atoms with Crippen molar-refractivity contribution in [2.75, 3.05) is 13.7 Å². The lowest BCUT2D eigenvalue weighted by molar-refractivity contribution is 0.00821. The van der Waals surface area contributed by atoms with Gasteiger partial charge in [0, 0.05) is 6.04 Å². The summed E-state index contributed by atoms with van der Waals surface area (Å²) in [6.45, 7) is 2.84. The first kappa shape index (κ1) is 15.3. The topological polar surface area (TPSA) is 44.5 Å². The van der Waals surface area contributed by atoms with Crippen molar-refractivity contribution < 1.29 is 9.47 Å². The lowest BCUT2D eigenvalue weighted by atomic mass is 9.90. The molecule has 0 aliphatic heterocycles. The van der Waals surface area contributed by atoms with Crippen molar-refractivity contribution in [1.29, 1.82) is 0 Å². The molecular weight excluding hydrogens is 250 g/mol. The number of rotatable bonds is 6. The van der Waals surface area contributed by atoms with Crippen LogP contribution >= 0.6 is 0 Å². The second-order valence-electron chi connectivity index (χ2n) is 5.89. The third-order valence-corrected chi connectivity index (χ3v) is 4.16. The smallest absolute Gasteiger partial charge is 0.118 e. The molecule has 3 heteroatoms. The van der Waals surface area contributed by atoms with Gasteiger partial charge < -0.3 is 15.2 Å². The van der Waals surface area contributed by atoms with E-state index in [1.54, 1.807) is 7.11 Å². The van der Waals surface area contributed by atoms with Gasteiger partial charge in [0.1, 0.15) is 5.75 Å². The van der Waals surface area contributed by atoms with Crippen LogP contribution in [0.1, 0.15) is 50.7 Å². The molecule has 1 saturated carbocycles. The lowest BCUT2D eigenvalue weighted by Gasteiger charge is -2.27. The van der Waals surface area contributed by atoms with Crippen LogP contribution in [0.3, 0.4) is 0 Å². The van der Waals surface area contributed by atoms with Gasteiger partial charge in [-0.25, -0.2) is 0 Å². The Hall–Kier alpha value is -1.06. The summed E-state index contributed by atoms with van der Waals surface area (Å²) in [5.41, 5.74) is 7.23. The Bertz CT molecular complexity index is 382. The Morgan fingerprint density at radius 2 is 1.80 bits per heavy atom. The van der Waals surface area contributed by atoms with Crippen molar-refractivity contribution in [3.8, 4) is 5.75 Å². The molecule has 2 atom stereocenters. The van der Waals surface area contributed by atoms with Crippen molar-refractivity contribution in [2.45, 2.75) is 51.2 Å². The standard InChI is InChI=1S/C17H27NO2/c1-13(18)17(15-8-10-16(19-2)11-9-15)20-12-14-6-4-3-5-7-14/h8-11,13-14,17H,3-7,12,18H2,1-2H3. The Kier molecular flexibility index (Phi) is 5.86. The third kappa shape index (κ3) is 4.22. The molecule has 0 bridgehead atoms. The van der Waals surface area contributed by atoms with Crippen molar-refractivity contribution >= 4 is 0 Å². The molecule has 112 valence electrons. The molecule has 2 unspecified atom stereocenters. The zero-order valence-electron chi connectivity index (χ0n) is 12.7. The first-order valence-electron chi connectivity index (χ1n) is 7.72. The molecule has 1 aliphatic carbocycles. The molecule has 0 spiro atoms. The molecular formula is C17H27NO2. The third-order valence-electron chi connectivity index (χ3n) is 4.16. The summed E-state index contributed by atoms with van der Waals surface area (Å²) in [6.07, 6.45) is 6.65. The van der Waals surface area contributed by atoms with Gasteiger partial charge in [-0.15, -0.1) is 0 Å². The van der Waals surface area contributed by atoms with Gasteiger partial charge in [-0.2, -0.15) is 0 Å². The Morgan fingerprint density at radius 3 is 2.35 bits per heavy atom. The molecule has 1 aromatic carbocycles. The van der Waals surface area contributed by atoms with Crippen LogP contribution in [0, 0.1) is 5.92 Å². The molecule has 0 heterocycles. The average molecular weight is 277 g/mol. The second-order valence-corrected chi connectivity index (χ2v) is 5.89. The molecule has 0 aromatic heterocycles. The maximum Gasteiger partial charge on any atom is 0.118 e. The quantitative estimate of drug-likeness (QED) is 0.862. The van der Waals surface area contributed by atoms with Crippen LogP contribution < -0.4 is 10.5 Å². The molecule has 0 saturated heterocycles. The minimum Gasteiger partial charge on any atom is -0.497 e. The molecule has 1 aromatic rings. The van der Waals surface area contributed by atoms with Crippen molar-refractivity contribution in [3.05, 3.63) is 29.8 Å². The largest absolute Gasteiger partial charge is 0.497 e. The van der Waals surface area contributed by atoms with E-state index in [1.807, 2.05) is 31.2 Å². The predicted octanol–water partition coefficient (Wildman–Crippen LogP) is 3.68. The fourth-order valence-corrected chi connectivity index (χ4v) is 2.94. The minimum absolute atomic E-state index is 0.00742. The minimum atomic E-state index is -0.0252. The van der Waals surface area contributed by atoms with E-state index >= 15 is 0 Å². The van der Waals surface area contributed by atoms with E-state index in [9.17, 15) is 0 Å². The first-order valence-corrected chi connectivity index (χ1v) is 7.72. The molecule has 0 amide bonds. The van der Waals surface area contributed by atoms with E-state index in [2.05, 4.69) is 0 Å². The number of hydrogen-bond acceptors (Lipinski definition) is 3. The van der Waals surface area contributed by atoms with E-state index in [0.717, 1.165) is 17.9 Å². The zero-order chi connectivity index (χ0) is 14.4. The van der Waals surface area contributed by atoms with E-state index < -0.39 is 0 Å². The maximum atomic E-state index is 6.14. The summed E-state index contributed by atoms with van der Waals surface area (Å²) < 4.78 is 11.3. The zero-order valence-corrected chi connectivity index (χ0v) is 12.7. The summed E-state index contributed by atoms with van der Waals surface area (Å²) in [4.78, 5) is 0. The Labute approximate surface area is 122 Å². The van der Waals surface area contributed by atoms with E-state index in [0.29, 0.717) is 5.92 Å². The van der Waals surface area contributed by atoms with Gasteiger partial charge in [0.05, 0.1) is 19.8 Å². The van der Waals surface area contributed by atoms with Gasteiger partial charge in [0.15, 0.2) is 0 Å². The van der Waals surface area contributed by atoms with Crippen LogP contribution in [0.25, 0.3) is 0 Å². The fourth-order valence-electron chi connectivity index (χ4n) is 2.94. The van der Waals surface area contributed by atoms with Crippen LogP contribution in [0.2, 0.25) is 0 Å². The summed E-state index contributed by atoms with van der Waals surface area (Å²) in [6, 6.07) is 8.03. The maximum absolute atomic E-state index is 6.14. The van der Waals surface area contributed by atoms with Crippen LogP contribution in [-0.2, 0) is 4.74 Å². The van der Waals surface area contributed by atoms with E-state index in [4.69, 9.17) is 15.2 Å². The lowest BCUT2D eigenvalue weighted by Crippen LogP contribution is -2.29. The number of nitrogens with two attached hydrogens (primary N) is 1. The average Bonchev–Trinajstić information content (AvgIpc) is 2.49. The summed E-state index contributed by atoms with van der Waals surface area (Å²) in [7, 11) is 1.68. The number of methoxy groups -OCH3 is 1. The van der Waals surface area contributed by atoms with Gasteiger partial charge in [-0.05, 0) is 43.4 Å². The first-order chi connectivity index (χ1) is 9.70. The van der Waals surface area contributed by atoms with Crippen LogP contribution in [0.4, 0.5) is 0 Å².